The number of halogens is 2. The molecule has 0 aromatic heterocycles. The maximum Gasteiger partial charge on any atom is 0.244 e. The van der Waals surface area contributed by atoms with Gasteiger partial charge >= 0.3 is 0 Å². The van der Waals surface area contributed by atoms with E-state index in [-0.39, 0.29) is 16.5 Å². The number of hydrogen-bond acceptors (Lipinski definition) is 4. The van der Waals surface area contributed by atoms with E-state index < -0.39 is 10.0 Å². The van der Waals surface area contributed by atoms with E-state index in [1.54, 1.807) is 24.3 Å². The number of rotatable bonds is 7. The van der Waals surface area contributed by atoms with Crippen LogP contribution in [0.1, 0.15) is 12.5 Å². The highest BCUT2D eigenvalue weighted by Crippen LogP contribution is 2.31. The summed E-state index contributed by atoms with van der Waals surface area (Å²) in [5, 5.41) is 0.430. The predicted octanol–water partition coefficient (Wildman–Crippen LogP) is 4.22. The Morgan fingerprint density at radius 3 is 2.44 bits per heavy atom. The maximum absolute atomic E-state index is 12.8. The molecule has 0 atom stereocenters. The van der Waals surface area contributed by atoms with Gasteiger partial charge < -0.3 is 9.47 Å². The summed E-state index contributed by atoms with van der Waals surface area (Å²) in [6.45, 7) is 2.54. The molecule has 2 aromatic rings. The summed E-state index contributed by atoms with van der Waals surface area (Å²) < 4.78 is 37.5. The van der Waals surface area contributed by atoms with Crippen LogP contribution in [0, 0.1) is 0 Å². The zero-order valence-corrected chi connectivity index (χ0v) is 16.5. The Balaban J connectivity index is 2.29. The fourth-order valence-corrected chi connectivity index (χ4v) is 4.16. The van der Waals surface area contributed by atoms with Crippen molar-refractivity contribution in [1.82, 2.24) is 4.31 Å². The second-order valence-corrected chi connectivity index (χ2v) is 8.11. The van der Waals surface area contributed by atoms with Gasteiger partial charge in [-0.05, 0) is 42.8 Å². The lowest BCUT2D eigenvalue weighted by molar-refractivity contribution is 0.310. The van der Waals surface area contributed by atoms with E-state index >= 15 is 0 Å². The molecule has 0 spiro atoms. The number of sulfonamides is 1. The summed E-state index contributed by atoms with van der Waals surface area (Å²) in [6, 6.07) is 9.64. The topological polar surface area (TPSA) is 55.8 Å². The van der Waals surface area contributed by atoms with Crippen LogP contribution in [0.2, 0.25) is 10.0 Å². The minimum Gasteiger partial charge on any atom is -0.493 e. The third-order valence-electron chi connectivity index (χ3n) is 3.51. The molecule has 8 heteroatoms. The second-order valence-electron chi connectivity index (χ2n) is 5.25. The first-order chi connectivity index (χ1) is 11.8. The number of methoxy groups -OCH3 is 1. The van der Waals surface area contributed by atoms with Gasteiger partial charge in [-0.15, -0.1) is 0 Å². The molecule has 0 aliphatic rings. The number of nitrogens with zero attached hydrogens (tertiary/aromatic N) is 1. The van der Waals surface area contributed by atoms with Crippen LogP contribution in [-0.2, 0) is 16.6 Å². The highest BCUT2D eigenvalue weighted by atomic mass is 35.5. The summed E-state index contributed by atoms with van der Waals surface area (Å²) in [6.07, 6.45) is 0. The van der Waals surface area contributed by atoms with Crippen molar-refractivity contribution in [2.45, 2.75) is 18.4 Å². The fraction of sp³-hybridized carbons (Fsp3) is 0.294. The zero-order chi connectivity index (χ0) is 18.6. The molecule has 0 aliphatic carbocycles. The molecular weight excluding hydrogens is 385 g/mol. The smallest absolute Gasteiger partial charge is 0.244 e. The summed E-state index contributed by atoms with van der Waals surface area (Å²) in [7, 11) is -0.768. The Hall–Kier alpha value is -1.47. The van der Waals surface area contributed by atoms with Gasteiger partial charge in [-0.1, -0.05) is 29.3 Å². The molecular formula is C17H19Cl2NO4S. The van der Waals surface area contributed by atoms with E-state index in [2.05, 4.69) is 0 Å². The molecule has 0 heterocycles. The van der Waals surface area contributed by atoms with Crippen LogP contribution in [-0.4, -0.2) is 33.5 Å². The SMILES string of the molecule is CCOc1ccc(CN(C)S(=O)(=O)c2cc(Cl)ccc2Cl)cc1OC. The molecule has 0 unspecified atom stereocenters. The third kappa shape index (κ3) is 4.58. The summed E-state index contributed by atoms with van der Waals surface area (Å²) in [5.74, 6) is 1.16. The lowest BCUT2D eigenvalue weighted by Gasteiger charge is -2.19. The molecule has 136 valence electrons. The van der Waals surface area contributed by atoms with Crippen molar-refractivity contribution in [2.75, 3.05) is 20.8 Å². The Kier molecular flexibility index (Phi) is 6.57. The van der Waals surface area contributed by atoms with Crippen LogP contribution < -0.4 is 9.47 Å². The first-order valence-electron chi connectivity index (χ1n) is 7.50. The Labute approximate surface area is 158 Å². The Morgan fingerprint density at radius 1 is 1.08 bits per heavy atom. The standard InChI is InChI=1S/C17H19Cl2NO4S/c1-4-24-15-8-5-12(9-16(15)23-3)11-20(2)25(21,22)17-10-13(18)6-7-14(17)19/h5-10H,4,11H2,1-3H3. The van der Waals surface area contributed by atoms with Gasteiger partial charge in [0.2, 0.25) is 10.0 Å². The highest BCUT2D eigenvalue weighted by Gasteiger charge is 2.24. The fourth-order valence-electron chi connectivity index (χ4n) is 2.27. The quantitative estimate of drug-likeness (QED) is 0.694. The molecule has 2 aromatic carbocycles. The highest BCUT2D eigenvalue weighted by molar-refractivity contribution is 7.89. The third-order valence-corrected chi connectivity index (χ3v) is 6.03. The maximum atomic E-state index is 12.8. The summed E-state index contributed by atoms with van der Waals surface area (Å²) in [4.78, 5) is -0.0259. The van der Waals surface area contributed by atoms with E-state index in [0.29, 0.717) is 23.1 Å². The lowest BCUT2D eigenvalue weighted by atomic mass is 10.2. The van der Waals surface area contributed by atoms with Crippen LogP contribution in [0.4, 0.5) is 0 Å². The van der Waals surface area contributed by atoms with Gasteiger partial charge in [0.25, 0.3) is 0 Å². The zero-order valence-electron chi connectivity index (χ0n) is 14.1. The van der Waals surface area contributed by atoms with Gasteiger partial charge in [0, 0.05) is 18.6 Å². The van der Waals surface area contributed by atoms with Gasteiger partial charge in [0.15, 0.2) is 11.5 Å². The molecule has 0 aliphatic heterocycles. The summed E-state index contributed by atoms with van der Waals surface area (Å²) in [5.41, 5.74) is 0.754. The van der Waals surface area contributed by atoms with Gasteiger partial charge in [0.1, 0.15) is 4.90 Å². The number of ether oxygens (including phenoxy) is 2. The van der Waals surface area contributed by atoms with Gasteiger partial charge in [-0.25, -0.2) is 8.42 Å². The minimum atomic E-state index is -3.79. The average Bonchev–Trinajstić information content (AvgIpc) is 2.58. The van der Waals surface area contributed by atoms with Crippen molar-refractivity contribution in [3.63, 3.8) is 0 Å². The van der Waals surface area contributed by atoms with Crippen molar-refractivity contribution < 1.29 is 17.9 Å². The Morgan fingerprint density at radius 2 is 1.80 bits per heavy atom. The second kappa shape index (κ2) is 8.27. The van der Waals surface area contributed by atoms with E-state index in [0.717, 1.165) is 5.56 Å². The van der Waals surface area contributed by atoms with Crippen LogP contribution >= 0.6 is 23.2 Å². The van der Waals surface area contributed by atoms with E-state index in [4.69, 9.17) is 32.7 Å². The largest absolute Gasteiger partial charge is 0.493 e. The van der Waals surface area contributed by atoms with Gasteiger partial charge in [0.05, 0.1) is 18.7 Å². The number of benzene rings is 2. The van der Waals surface area contributed by atoms with Crippen molar-refractivity contribution in [3.05, 3.63) is 52.0 Å². The first kappa shape index (κ1) is 19.8. The molecule has 25 heavy (non-hydrogen) atoms. The predicted molar refractivity (Wildman–Crippen MR) is 99.3 cm³/mol. The van der Waals surface area contributed by atoms with E-state index in [1.165, 1.54) is 30.6 Å². The van der Waals surface area contributed by atoms with Crippen molar-refractivity contribution in [2.24, 2.45) is 0 Å². The van der Waals surface area contributed by atoms with Crippen molar-refractivity contribution >= 4 is 33.2 Å². The monoisotopic (exact) mass is 403 g/mol. The molecule has 0 bridgehead atoms. The Bertz CT molecular complexity index is 856. The van der Waals surface area contributed by atoms with Crippen LogP contribution in [0.15, 0.2) is 41.3 Å². The molecule has 0 fully saturated rings. The van der Waals surface area contributed by atoms with Crippen molar-refractivity contribution in [3.8, 4) is 11.5 Å². The normalized spacial score (nSPS) is 11.6. The summed E-state index contributed by atoms with van der Waals surface area (Å²) >= 11 is 11.9. The molecule has 0 N–H and O–H groups in total. The van der Waals surface area contributed by atoms with Crippen LogP contribution in [0.5, 0.6) is 11.5 Å². The lowest BCUT2D eigenvalue weighted by Crippen LogP contribution is -2.26. The molecule has 5 nitrogen and oxygen atoms in total. The molecule has 0 radical (unpaired) electrons. The van der Waals surface area contributed by atoms with Crippen LogP contribution in [0.3, 0.4) is 0 Å². The molecule has 2 rings (SSSR count). The number of hydrogen-bond donors (Lipinski definition) is 0. The van der Waals surface area contributed by atoms with Crippen LogP contribution in [0.25, 0.3) is 0 Å². The minimum absolute atomic E-state index is 0.0259. The molecule has 0 saturated carbocycles. The molecule has 0 amide bonds. The van der Waals surface area contributed by atoms with Gasteiger partial charge in [-0.2, -0.15) is 4.31 Å². The molecule has 0 saturated heterocycles. The van der Waals surface area contributed by atoms with E-state index in [1.807, 2.05) is 6.92 Å². The van der Waals surface area contributed by atoms with E-state index in [9.17, 15) is 8.42 Å². The van der Waals surface area contributed by atoms with Crippen molar-refractivity contribution in [1.29, 1.82) is 0 Å². The first-order valence-corrected chi connectivity index (χ1v) is 9.70. The average molecular weight is 404 g/mol. The van der Waals surface area contributed by atoms with Gasteiger partial charge in [-0.3, -0.25) is 0 Å².